The maximum Gasteiger partial charge on any atom is 0.305 e. The second kappa shape index (κ2) is 17.5. The van der Waals surface area contributed by atoms with Crippen LogP contribution in [0.4, 0.5) is 0 Å². The predicted octanol–water partition coefficient (Wildman–Crippen LogP) is 5.85. The molecule has 0 radical (unpaired) electrons. The van der Waals surface area contributed by atoms with Crippen LogP contribution in [-0.2, 0) is 14.3 Å². The van der Waals surface area contributed by atoms with Gasteiger partial charge >= 0.3 is 5.97 Å². The fourth-order valence-electron chi connectivity index (χ4n) is 2.95. The molecule has 3 nitrogen and oxygen atoms in total. The normalized spacial score (nSPS) is 12.1. The van der Waals surface area contributed by atoms with Crippen LogP contribution in [0.5, 0.6) is 0 Å². The van der Waals surface area contributed by atoms with Crippen molar-refractivity contribution >= 4 is 12.3 Å². The van der Waals surface area contributed by atoms with Gasteiger partial charge in [0, 0.05) is 12.3 Å². The Morgan fingerprint density at radius 1 is 0.826 bits per heavy atom. The minimum absolute atomic E-state index is 0.110. The number of methoxy groups -OCH3 is 1. The van der Waals surface area contributed by atoms with E-state index in [9.17, 15) is 9.59 Å². The summed E-state index contributed by atoms with van der Waals surface area (Å²) in [6.45, 7) is 2.24. The van der Waals surface area contributed by atoms with E-state index in [0.29, 0.717) is 6.42 Å². The van der Waals surface area contributed by atoms with Gasteiger partial charge in [-0.25, -0.2) is 0 Å². The van der Waals surface area contributed by atoms with E-state index in [0.717, 1.165) is 44.8 Å². The second-order valence-corrected chi connectivity index (χ2v) is 6.69. The zero-order chi connectivity index (χ0) is 17.2. The van der Waals surface area contributed by atoms with Crippen molar-refractivity contribution in [3.63, 3.8) is 0 Å². The zero-order valence-corrected chi connectivity index (χ0v) is 15.5. The molecule has 0 spiro atoms. The molecular formula is C20H38O3. The highest BCUT2D eigenvalue weighted by atomic mass is 16.5. The Kier molecular flexibility index (Phi) is 16.8. The number of hydrogen-bond donors (Lipinski definition) is 0. The van der Waals surface area contributed by atoms with Crippen LogP contribution in [0.1, 0.15) is 103 Å². The molecule has 0 aromatic carbocycles. The number of ether oxygens (including phenoxy) is 1. The lowest BCUT2D eigenvalue weighted by atomic mass is 9.95. The number of unbranched alkanes of at least 4 members (excludes halogenated alkanes) is 10. The molecule has 0 aliphatic rings. The van der Waals surface area contributed by atoms with Crippen molar-refractivity contribution in [3.8, 4) is 0 Å². The van der Waals surface area contributed by atoms with Gasteiger partial charge in [-0.3, -0.25) is 4.79 Å². The number of esters is 1. The largest absolute Gasteiger partial charge is 0.469 e. The molecular weight excluding hydrogens is 288 g/mol. The first kappa shape index (κ1) is 22.1. The Balaban J connectivity index is 3.38. The van der Waals surface area contributed by atoms with Crippen LogP contribution < -0.4 is 0 Å². The Hall–Kier alpha value is -0.860. The average Bonchev–Trinajstić information content (AvgIpc) is 2.57. The second-order valence-electron chi connectivity index (χ2n) is 6.69. The minimum Gasteiger partial charge on any atom is -0.469 e. The van der Waals surface area contributed by atoms with Gasteiger partial charge in [0.2, 0.25) is 0 Å². The van der Waals surface area contributed by atoms with E-state index in [1.165, 1.54) is 58.5 Å². The number of rotatable bonds is 17. The van der Waals surface area contributed by atoms with E-state index in [-0.39, 0.29) is 11.9 Å². The van der Waals surface area contributed by atoms with Crippen LogP contribution in [0.15, 0.2) is 0 Å². The summed E-state index contributed by atoms with van der Waals surface area (Å²) in [5.74, 6) is 0.154. The summed E-state index contributed by atoms with van der Waals surface area (Å²) in [6, 6.07) is 0. The summed E-state index contributed by atoms with van der Waals surface area (Å²) < 4.78 is 4.62. The molecule has 0 rings (SSSR count). The summed E-state index contributed by atoms with van der Waals surface area (Å²) in [6.07, 6.45) is 18.4. The first-order chi connectivity index (χ1) is 11.2. The Morgan fingerprint density at radius 3 is 1.78 bits per heavy atom. The van der Waals surface area contributed by atoms with Gasteiger partial charge < -0.3 is 9.53 Å². The van der Waals surface area contributed by atoms with Crippen molar-refractivity contribution in [2.75, 3.05) is 7.11 Å². The molecule has 0 aliphatic carbocycles. The molecule has 0 amide bonds. The molecule has 0 fully saturated rings. The molecule has 3 heteroatoms. The topological polar surface area (TPSA) is 43.4 Å². The highest BCUT2D eigenvalue weighted by Gasteiger charge is 2.07. The molecule has 0 aliphatic heterocycles. The van der Waals surface area contributed by atoms with Gasteiger partial charge in [0.15, 0.2) is 0 Å². The van der Waals surface area contributed by atoms with E-state index in [2.05, 4.69) is 11.7 Å². The smallest absolute Gasteiger partial charge is 0.305 e. The van der Waals surface area contributed by atoms with Crippen molar-refractivity contribution in [3.05, 3.63) is 0 Å². The molecule has 0 bridgehead atoms. The summed E-state index contributed by atoms with van der Waals surface area (Å²) in [5, 5.41) is 0. The van der Waals surface area contributed by atoms with Crippen LogP contribution in [0, 0.1) is 5.92 Å². The van der Waals surface area contributed by atoms with Gasteiger partial charge in [-0.1, -0.05) is 77.6 Å². The Labute approximate surface area is 143 Å². The molecule has 1 unspecified atom stereocenters. The van der Waals surface area contributed by atoms with Crippen molar-refractivity contribution in [1.29, 1.82) is 0 Å². The summed E-state index contributed by atoms with van der Waals surface area (Å²) in [4.78, 5) is 22.1. The highest BCUT2D eigenvalue weighted by Crippen LogP contribution is 2.17. The third-order valence-corrected chi connectivity index (χ3v) is 4.55. The summed E-state index contributed by atoms with van der Waals surface area (Å²) in [7, 11) is 1.44. The SMILES string of the molecule is CCCCCCCCCC(C=O)CCCCCCCC(=O)OC. The molecule has 0 saturated carbocycles. The molecule has 1 atom stereocenters. The molecule has 136 valence electrons. The first-order valence-corrected chi connectivity index (χ1v) is 9.76. The van der Waals surface area contributed by atoms with E-state index >= 15 is 0 Å². The molecule has 0 N–H and O–H groups in total. The maximum absolute atomic E-state index is 11.1. The lowest BCUT2D eigenvalue weighted by Gasteiger charge is -2.10. The number of carbonyl (C=O) groups excluding carboxylic acids is 2. The number of aldehydes is 1. The van der Waals surface area contributed by atoms with Gasteiger partial charge in [0.1, 0.15) is 6.29 Å². The average molecular weight is 327 g/mol. The fourth-order valence-corrected chi connectivity index (χ4v) is 2.95. The summed E-state index contributed by atoms with van der Waals surface area (Å²) >= 11 is 0. The van der Waals surface area contributed by atoms with Crippen molar-refractivity contribution in [2.24, 2.45) is 5.92 Å². The quantitative estimate of drug-likeness (QED) is 0.191. The Bertz CT molecular complexity index is 276. The molecule has 0 saturated heterocycles. The van der Waals surface area contributed by atoms with Gasteiger partial charge in [-0.2, -0.15) is 0 Å². The van der Waals surface area contributed by atoms with Gasteiger partial charge in [-0.05, 0) is 19.3 Å². The van der Waals surface area contributed by atoms with Crippen LogP contribution in [0.2, 0.25) is 0 Å². The molecule has 0 aromatic rings. The van der Waals surface area contributed by atoms with Crippen LogP contribution in [0.3, 0.4) is 0 Å². The third-order valence-electron chi connectivity index (χ3n) is 4.55. The van der Waals surface area contributed by atoms with Crippen molar-refractivity contribution < 1.29 is 14.3 Å². The third kappa shape index (κ3) is 15.8. The summed E-state index contributed by atoms with van der Waals surface area (Å²) in [5.41, 5.74) is 0. The van der Waals surface area contributed by atoms with Crippen LogP contribution in [0.25, 0.3) is 0 Å². The van der Waals surface area contributed by atoms with Crippen molar-refractivity contribution in [2.45, 2.75) is 103 Å². The Morgan fingerprint density at radius 2 is 1.30 bits per heavy atom. The monoisotopic (exact) mass is 326 g/mol. The first-order valence-electron chi connectivity index (χ1n) is 9.76. The van der Waals surface area contributed by atoms with E-state index < -0.39 is 0 Å². The van der Waals surface area contributed by atoms with E-state index in [1.54, 1.807) is 0 Å². The van der Waals surface area contributed by atoms with Gasteiger partial charge in [0.05, 0.1) is 7.11 Å². The molecule has 0 heterocycles. The number of hydrogen-bond acceptors (Lipinski definition) is 3. The standard InChI is InChI=1S/C20H38O3/c1-3-4-5-6-7-9-12-15-19(18-21)16-13-10-8-11-14-17-20(22)23-2/h18-19H,3-17H2,1-2H3. The van der Waals surface area contributed by atoms with Crippen molar-refractivity contribution in [1.82, 2.24) is 0 Å². The zero-order valence-electron chi connectivity index (χ0n) is 15.5. The van der Waals surface area contributed by atoms with Gasteiger partial charge in [0.25, 0.3) is 0 Å². The van der Waals surface area contributed by atoms with E-state index in [1.807, 2.05) is 0 Å². The van der Waals surface area contributed by atoms with Gasteiger partial charge in [-0.15, -0.1) is 0 Å². The lowest BCUT2D eigenvalue weighted by molar-refractivity contribution is -0.140. The highest BCUT2D eigenvalue weighted by molar-refractivity contribution is 5.68. The van der Waals surface area contributed by atoms with Crippen LogP contribution in [-0.4, -0.2) is 19.4 Å². The fraction of sp³-hybridized carbons (Fsp3) is 0.900. The van der Waals surface area contributed by atoms with Crippen LogP contribution >= 0.6 is 0 Å². The lowest BCUT2D eigenvalue weighted by Crippen LogP contribution is -2.02. The molecule has 0 aromatic heterocycles. The minimum atomic E-state index is -0.110. The molecule has 23 heavy (non-hydrogen) atoms. The van der Waals surface area contributed by atoms with E-state index in [4.69, 9.17) is 0 Å². The maximum atomic E-state index is 11.1. The number of carbonyl (C=O) groups is 2. The predicted molar refractivity (Wildman–Crippen MR) is 96.5 cm³/mol.